The number of hydrogen-bond donors (Lipinski definition) is 0. The van der Waals surface area contributed by atoms with Crippen molar-refractivity contribution < 1.29 is 18.7 Å². The van der Waals surface area contributed by atoms with Crippen molar-refractivity contribution in [2.24, 2.45) is 0 Å². The van der Waals surface area contributed by atoms with Crippen LogP contribution in [0, 0.1) is 5.82 Å². The average Bonchev–Trinajstić information content (AvgIpc) is 2.87. The molecule has 0 saturated carbocycles. The van der Waals surface area contributed by atoms with Crippen LogP contribution >= 0.6 is 0 Å². The minimum Gasteiger partial charge on any atom is -0.485 e. The Balaban J connectivity index is 1.86. The third kappa shape index (κ3) is 5.34. The molecule has 0 amide bonds. The first-order valence-electron chi connectivity index (χ1n) is 11.3. The average molecular weight is 455 g/mol. The van der Waals surface area contributed by atoms with E-state index >= 15 is 0 Å². The number of benzene rings is 4. The molecule has 0 radical (unpaired) electrons. The minimum absolute atomic E-state index is 0.0710. The quantitative estimate of drug-likeness (QED) is 0.244. The maximum Gasteiger partial charge on any atom is 0.170 e. The lowest BCUT2D eigenvalue weighted by Gasteiger charge is -2.22. The van der Waals surface area contributed by atoms with Crippen LogP contribution in [0.25, 0.3) is 11.1 Å². The number of rotatable bonds is 9. The third-order valence-electron chi connectivity index (χ3n) is 5.65. The van der Waals surface area contributed by atoms with E-state index in [-0.39, 0.29) is 11.7 Å². The van der Waals surface area contributed by atoms with Gasteiger partial charge < -0.3 is 9.47 Å². The molecule has 4 heteroatoms. The molecule has 0 unspecified atom stereocenters. The largest absolute Gasteiger partial charge is 0.485 e. The Hall–Kier alpha value is -3.92. The Labute approximate surface area is 199 Å². The zero-order chi connectivity index (χ0) is 23.9. The van der Waals surface area contributed by atoms with E-state index < -0.39 is 0 Å². The van der Waals surface area contributed by atoms with Crippen LogP contribution in [0.5, 0.6) is 11.5 Å². The predicted octanol–water partition coefficient (Wildman–Crippen LogP) is 7.59. The highest BCUT2D eigenvalue weighted by Crippen LogP contribution is 2.44. The summed E-state index contributed by atoms with van der Waals surface area (Å²) in [4.78, 5) is 12.3. The van der Waals surface area contributed by atoms with Crippen LogP contribution in [0.15, 0.2) is 91.0 Å². The molecule has 172 valence electrons. The van der Waals surface area contributed by atoms with Gasteiger partial charge in [-0.1, -0.05) is 86.6 Å². The first-order chi connectivity index (χ1) is 16.6. The molecule has 0 spiro atoms. The topological polar surface area (TPSA) is 35.5 Å². The van der Waals surface area contributed by atoms with Crippen LogP contribution < -0.4 is 9.47 Å². The maximum absolute atomic E-state index is 13.7. The van der Waals surface area contributed by atoms with E-state index in [1.54, 1.807) is 12.1 Å². The van der Waals surface area contributed by atoms with Gasteiger partial charge in [0.25, 0.3) is 0 Å². The minimum atomic E-state index is -0.344. The second kappa shape index (κ2) is 10.8. The highest BCUT2D eigenvalue weighted by molar-refractivity contribution is 5.94. The molecule has 4 rings (SSSR count). The molecular formula is C30H27FO3. The zero-order valence-corrected chi connectivity index (χ0v) is 19.3. The fraction of sp³-hybridized carbons (Fsp3) is 0.167. The first-order valence-corrected chi connectivity index (χ1v) is 11.3. The van der Waals surface area contributed by atoms with E-state index in [1.807, 2.05) is 80.6 Å². The second-order valence-corrected chi connectivity index (χ2v) is 8.41. The summed E-state index contributed by atoms with van der Waals surface area (Å²) < 4.78 is 26.3. The Morgan fingerprint density at radius 2 is 1.35 bits per heavy atom. The molecule has 3 nitrogen and oxygen atoms in total. The van der Waals surface area contributed by atoms with E-state index in [1.165, 1.54) is 12.1 Å². The van der Waals surface area contributed by atoms with Gasteiger partial charge in [-0.2, -0.15) is 0 Å². The Morgan fingerprint density at radius 1 is 0.794 bits per heavy atom. The van der Waals surface area contributed by atoms with Crippen molar-refractivity contribution in [1.29, 1.82) is 0 Å². The molecule has 0 N–H and O–H groups in total. The molecule has 0 aliphatic heterocycles. The van der Waals surface area contributed by atoms with Crippen LogP contribution in [-0.4, -0.2) is 6.29 Å². The van der Waals surface area contributed by atoms with Gasteiger partial charge in [0.15, 0.2) is 17.8 Å². The summed E-state index contributed by atoms with van der Waals surface area (Å²) in [5.74, 6) is 0.747. The summed E-state index contributed by atoms with van der Waals surface area (Å²) in [6.07, 6.45) is 0.852. The number of halogens is 1. The molecule has 34 heavy (non-hydrogen) atoms. The van der Waals surface area contributed by atoms with Gasteiger partial charge in [-0.05, 0) is 46.4 Å². The van der Waals surface area contributed by atoms with E-state index in [9.17, 15) is 9.18 Å². The van der Waals surface area contributed by atoms with E-state index in [4.69, 9.17) is 9.47 Å². The number of ether oxygens (including phenoxy) is 2. The molecule has 4 aromatic carbocycles. The summed E-state index contributed by atoms with van der Waals surface area (Å²) in [5.41, 5.74) is 4.69. The van der Waals surface area contributed by atoms with Crippen molar-refractivity contribution in [1.82, 2.24) is 0 Å². The molecular weight excluding hydrogens is 427 g/mol. The second-order valence-electron chi connectivity index (χ2n) is 8.41. The van der Waals surface area contributed by atoms with E-state index in [0.717, 1.165) is 23.0 Å². The van der Waals surface area contributed by atoms with E-state index in [2.05, 4.69) is 0 Å². The first kappa shape index (κ1) is 23.2. The molecule has 0 aliphatic rings. The molecule has 4 aromatic rings. The van der Waals surface area contributed by atoms with Gasteiger partial charge in [-0.3, -0.25) is 4.79 Å². The normalized spacial score (nSPS) is 10.8. The lowest BCUT2D eigenvalue weighted by atomic mass is 9.89. The molecule has 0 fully saturated rings. The Morgan fingerprint density at radius 3 is 1.88 bits per heavy atom. The fourth-order valence-corrected chi connectivity index (χ4v) is 3.90. The molecule has 0 aliphatic carbocycles. The highest BCUT2D eigenvalue weighted by atomic mass is 19.1. The summed E-state index contributed by atoms with van der Waals surface area (Å²) >= 11 is 0. The summed E-state index contributed by atoms with van der Waals surface area (Å²) in [6.45, 7) is 4.71. The van der Waals surface area contributed by atoms with Crippen molar-refractivity contribution in [3.05, 3.63) is 119 Å². The fourth-order valence-electron chi connectivity index (χ4n) is 3.90. The molecule has 0 aromatic heterocycles. The maximum atomic E-state index is 13.7. The summed E-state index contributed by atoms with van der Waals surface area (Å²) in [5, 5.41) is 0. The van der Waals surface area contributed by atoms with Gasteiger partial charge in [0, 0.05) is 11.1 Å². The highest BCUT2D eigenvalue weighted by Gasteiger charge is 2.23. The number of carbonyl (C=O) groups is 1. The van der Waals surface area contributed by atoms with Gasteiger partial charge in [0.05, 0.1) is 0 Å². The van der Waals surface area contributed by atoms with Crippen LogP contribution in [0.3, 0.4) is 0 Å². The van der Waals surface area contributed by atoms with Gasteiger partial charge in [0.1, 0.15) is 19.0 Å². The van der Waals surface area contributed by atoms with Crippen molar-refractivity contribution in [2.45, 2.75) is 33.0 Å². The van der Waals surface area contributed by atoms with Crippen LogP contribution in [0.2, 0.25) is 0 Å². The number of aldehydes is 1. The van der Waals surface area contributed by atoms with Crippen LogP contribution in [0.1, 0.15) is 46.8 Å². The zero-order valence-electron chi connectivity index (χ0n) is 19.3. The predicted molar refractivity (Wildman–Crippen MR) is 133 cm³/mol. The van der Waals surface area contributed by atoms with Crippen molar-refractivity contribution in [3.63, 3.8) is 0 Å². The van der Waals surface area contributed by atoms with Gasteiger partial charge in [0.2, 0.25) is 0 Å². The summed E-state index contributed by atoms with van der Waals surface area (Å²) in [6, 6.07) is 27.7. The number of hydrogen-bond acceptors (Lipinski definition) is 3. The van der Waals surface area contributed by atoms with Crippen LogP contribution in [-0.2, 0) is 13.2 Å². The lowest BCUT2D eigenvalue weighted by molar-refractivity contribution is 0.112. The lowest BCUT2D eigenvalue weighted by Crippen LogP contribution is -2.07. The smallest absolute Gasteiger partial charge is 0.170 e. The standard InChI is InChI=1S/C30H27FO3/c1-21(2)26-17-28(33-19-22-9-5-3-6-10-22)30(34-20-23-11-7-4-8-12-23)29(27(26)18-32)24-13-15-25(31)16-14-24/h3-18,21H,19-20H2,1-2H3. The molecule has 0 bridgehead atoms. The third-order valence-corrected chi connectivity index (χ3v) is 5.65. The van der Waals surface area contributed by atoms with Crippen molar-refractivity contribution in [3.8, 4) is 22.6 Å². The Bertz CT molecular complexity index is 1230. The Kier molecular flexibility index (Phi) is 7.38. The SMILES string of the molecule is CC(C)c1cc(OCc2ccccc2)c(OCc2ccccc2)c(-c2ccc(F)cc2)c1C=O. The summed E-state index contributed by atoms with van der Waals surface area (Å²) in [7, 11) is 0. The van der Waals surface area contributed by atoms with Crippen molar-refractivity contribution in [2.75, 3.05) is 0 Å². The van der Waals surface area contributed by atoms with Gasteiger partial charge in [-0.25, -0.2) is 4.39 Å². The van der Waals surface area contributed by atoms with Gasteiger partial charge in [-0.15, -0.1) is 0 Å². The van der Waals surface area contributed by atoms with E-state index in [0.29, 0.717) is 41.4 Å². The molecule has 0 atom stereocenters. The van der Waals surface area contributed by atoms with Crippen LogP contribution in [0.4, 0.5) is 4.39 Å². The van der Waals surface area contributed by atoms with Crippen molar-refractivity contribution >= 4 is 6.29 Å². The van der Waals surface area contributed by atoms with Gasteiger partial charge >= 0.3 is 0 Å². The monoisotopic (exact) mass is 454 g/mol. The molecule has 0 saturated heterocycles. The molecule has 0 heterocycles. The number of carbonyl (C=O) groups excluding carboxylic acids is 1.